The zero-order valence-electron chi connectivity index (χ0n) is 11.2. The van der Waals surface area contributed by atoms with Crippen molar-refractivity contribution in [2.75, 3.05) is 12.3 Å². The van der Waals surface area contributed by atoms with Crippen LogP contribution in [0.2, 0.25) is 0 Å². The standard InChI is InChI=1S/C13H18N4OS/c1-10(2)6-7-14-12(18)9-19-13-16-15-11-5-3-4-8-17(11)13/h3-5,8,10H,6-7,9H2,1-2H3,(H,14,18). The van der Waals surface area contributed by atoms with Crippen LogP contribution in [0.25, 0.3) is 5.65 Å². The van der Waals surface area contributed by atoms with Crippen LogP contribution in [0.3, 0.4) is 0 Å². The van der Waals surface area contributed by atoms with E-state index in [0.29, 0.717) is 11.7 Å². The van der Waals surface area contributed by atoms with Crippen molar-refractivity contribution in [1.82, 2.24) is 19.9 Å². The van der Waals surface area contributed by atoms with E-state index in [1.54, 1.807) is 0 Å². The maximum Gasteiger partial charge on any atom is 0.230 e. The second kappa shape index (κ2) is 6.56. The van der Waals surface area contributed by atoms with E-state index in [0.717, 1.165) is 23.8 Å². The topological polar surface area (TPSA) is 59.3 Å². The van der Waals surface area contributed by atoms with Crippen LogP contribution in [0.15, 0.2) is 29.6 Å². The number of carbonyl (C=O) groups excluding carboxylic acids is 1. The van der Waals surface area contributed by atoms with Gasteiger partial charge < -0.3 is 5.32 Å². The zero-order chi connectivity index (χ0) is 13.7. The highest BCUT2D eigenvalue weighted by Gasteiger charge is 2.08. The summed E-state index contributed by atoms with van der Waals surface area (Å²) in [5.74, 6) is 1.01. The fourth-order valence-electron chi connectivity index (χ4n) is 1.60. The summed E-state index contributed by atoms with van der Waals surface area (Å²) in [7, 11) is 0. The minimum absolute atomic E-state index is 0.0401. The summed E-state index contributed by atoms with van der Waals surface area (Å²) >= 11 is 1.40. The minimum Gasteiger partial charge on any atom is -0.355 e. The summed E-state index contributed by atoms with van der Waals surface area (Å²) in [6.07, 6.45) is 2.90. The van der Waals surface area contributed by atoms with Crippen LogP contribution in [-0.2, 0) is 4.79 Å². The second-order valence-electron chi connectivity index (χ2n) is 4.73. The molecule has 102 valence electrons. The number of hydrogen-bond acceptors (Lipinski definition) is 4. The van der Waals surface area contributed by atoms with Crippen molar-refractivity contribution >= 4 is 23.3 Å². The minimum atomic E-state index is 0.0401. The summed E-state index contributed by atoms with van der Waals surface area (Å²) in [5, 5.41) is 11.8. The van der Waals surface area contributed by atoms with Gasteiger partial charge in [-0.25, -0.2) is 0 Å². The molecule has 2 aromatic rings. The van der Waals surface area contributed by atoms with Crippen molar-refractivity contribution < 1.29 is 4.79 Å². The third-order valence-electron chi connectivity index (χ3n) is 2.66. The van der Waals surface area contributed by atoms with E-state index < -0.39 is 0 Å². The van der Waals surface area contributed by atoms with E-state index in [9.17, 15) is 4.79 Å². The van der Waals surface area contributed by atoms with E-state index in [1.165, 1.54) is 11.8 Å². The smallest absolute Gasteiger partial charge is 0.230 e. The highest BCUT2D eigenvalue weighted by Crippen LogP contribution is 2.15. The number of carbonyl (C=O) groups is 1. The largest absolute Gasteiger partial charge is 0.355 e. The zero-order valence-corrected chi connectivity index (χ0v) is 12.0. The molecule has 5 nitrogen and oxygen atoms in total. The normalized spacial score (nSPS) is 11.1. The Morgan fingerprint density at radius 2 is 2.26 bits per heavy atom. The number of rotatable bonds is 6. The van der Waals surface area contributed by atoms with Gasteiger partial charge in [-0.1, -0.05) is 31.7 Å². The molecule has 0 unspecified atom stereocenters. The Balaban J connectivity index is 1.83. The monoisotopic (exact) mass is 278 g/mol. The lowest BCUT2D eigenvalue weighted by molar-refractivity contribution is -0.118. The molecule has 0 fully saturated rings. The molecule has 0 saturated carbocycles. The molecule has 19 heavy (non-hydrogen) atoms. The van der Waals surface area contributed by atoms with Crippen LogP contribution in [0.4, 0.5) is 0 Å². The van der Waals surface area contributed by atoms with E-state index in [4.69, 9.17) is 0 Å². The average Bonchev–Trinajstić information content (AvgIpc) is 2.79. The molecule has 0 radical (unpaired) electrons. The first-order chi connectivity index (χ1) is 9.16. The molecule has 0 atom stereocenters. The number of aromatic nitrogens is 3. The number of fused-ring (bicyclic) bond motifs is 1. The van der Waals surface area contributed by atoms with Gasteiger partial charge in [-0.2, -0.15) is 0 Å². The molecule has 0 aromatic carbocycles. The van der Waals surface area contributed by atoms with E-state index in [-0.39, 0.29) is 5.91 Å². The van der Waals surface area contributed by atoms with Gasteiger partial charge >= 0.3 is 0 Å². The highest BCUT2D eigenvalue weighted by molar-refractivity contribution is 7.99. The summed E-state index contributed by atoms with van der Waals surface area (Å²) in [4.78, 5) is 11.7. The number of thioether (sulfide) groups is 1. The average molecular weight is 278 g/mol. The lowest BCUT2D eigenvalue weighted by atomic mass is 10.1. The lowest BCUT2D eigenvalue weighted by Crippen LogP contribution is -2.27. The molecule has 6 heteroatoms. The van der Waals surface area contributed by atoms with E-state index in [2.05, 4.69) is 29.4 Å². The summed E-state index contributed by atoms with van der Waals surface area (Å²) in [6, 6.07) is 5.72. The van der Waals surface area contributed by atoms with Crippen molar-refractivity contribution in [3.63, 3.8) is 0 Å². The quantitative estimate of drug-likeness (QED) is 0.821. The highest BCUT2D eigenvalue weighted by atomic mass is 32.2. The third-order valence-corrected chi connectivity index (χ3v) is 3.60. The fraction of sp³-hybridized carbons (Fsp3) is 0.462. The second-order valence-corrected chi connectivity index (χ2v) is 5.68. The van der Waals surface area contributed by atoms with Gasteiger partial charge in [0.05, 0.1) is 5.75 Å². The number of pyridine rings is 1. The maximum absolute atomic E-state index is 11.7. The van der Waals surface area contributed by atoms with Crippen LogP contribution in [0.1, 0.15) is 20.3 Å². The Hall–Kier alpha value is -1.56. The number of hydrogen-bond donors (Lipinski definition) is 1. The Kier molecular flexibility index (Phi) is 4.79. The first kappa shape index (κ1) is 13.9. The van der Waals surface area contributed by atoms with Gasteiger partial charge in [0, 0.05) is 12.7 Å². The van der Waals surface area contributed by atoms with Crippen LogP contribution in [0.5, 0.6) is 0 Å². The van der Waals surface area contributed by atoms with Crippen molar-refractivity contribution in [2.45, 2.75) is 25.4 Å². The molecular formula is C13H18N4OS. The molecule has 2 aromatic heterocycles. The van der Waals surface area contributed by atoms with Gasteiger partial charge in [0.1, 0.15) is 0 Å². The molecule has 0 aliphatic rings. The van der Waals surface area contributed by atoms with Gasteiger partial charge in [-0.3, -0.25) is 9.20 Å². The first-order valence-corrected chi connectivity index (χ1v) is 7.34. The molecule has 0 saturated heterocycles. The van der Waals surface area contributed by atoms with Crippen LogP contribution in [-0.4, -0.2) is 32.8 Å². The first-order valence-electron chi connectivity index (χ1n) is 6.36. The van der Waals surface area contributed by atoms with Gasteiger partial charge in [0.15, 0.2) is 10.8 Å². The van der Waals surface area contributed by atoms with Crippen molar-refractivity contribution in [2.24, 2.45) is 5.92 Å². The number of nitrogens with zero attached hydrogens (tertiary/aromatic N) is 3. The summed E-state index contributed by atoms with van der Waals surface area (Å²) < 4.78 is 1.88. The fourth-order valence-corrected chi connectivity index (χ4v) is 2.35. The van der Waals surface area contributed by atoms with Gasteiger partial charge in [0.2, 0.25) is 5.91 Å². The third kappa shape index (κ3) is 3.96. The van der Waals surface area contributed by atoms with E-state index >= 15 is 0 Å². The number of nitrogens with one attached hydrogen (secondary N) is 1. The summed E-state index contributed by atoms with van der Waals surface area (Å²) in [6.45, 7) is 5.02. The maximum atomic E-state index is 11.7. The van der Waals surface area contributed by atoms with Crippen molar-refractivity contribution in [1.29, 1.82) is 0 Å². The molecule has 0 aliphatic carbocycles. The Bertz CT molecular complexity index is 552. The molecule has 0 spiro atoms. The Morgan fingerprint density at radius 3 is 3.05 bits per heavy atom. The van der Waals surface area contributed by atoms with Gasteiger partial charge in [-0.05, 0) is 24.5 Å². The van der Waals surface area contributed by atoms with Gasteiger partial charge in [0.25, 0.3) is 0 Å². The summed E-state index contributed by atoms with van der Waals surface area (Å²) in [5.41, 5.74) is 0.796. The lowest BCUT2D eigenvalue weighted by Gasteiger charge is -2.06. The predicted octanol–water partition coefficient (Wildman–Crippen LogP) is 1.98. The molecule has 2 rings (SSSR count). The van der Waals surface area contributed by atoms with Crippen LogP contribution >= 0.6 is 11.8 Å². The predicted molar refractivity (Wildman–Crippen MR) is 76.2 cm³/mol. The van der Waals surface area contributed by atoms with Crippen LogP contribution < -0.4 is 5.32 Å². The molecule has 0 bridgehead atoms. The molecule has 2 heterocycles. The molecule has 1 N–H and O–H groups in total. The molecule has 0 aliphatic heterocycles. The van der Waals surface area contributed by atoms with Crippen LogP contribution in [0, 0.1) is 5.92 Å². The van der Waals surface area contributed by atoms with Crippen molar-refractivity contribution in [3.8, 4) is 0 Å². The van der Waals surface area contributed by atoms with Crippen molar-refractivity contribution in [3.05, 3.63) is 24.4 Å². The molecular weight excluding hydrogens is 260 g/mol. The Morgan fingerprint density at radius 1 is 1.42 bits per heavy atom. The Labute approximate surface area is 116 Å². The van der Waals surface area contributed by atoms with E-state index in [1.807, 2.05) is 28.8 Å². The van der Waals surface area contributed by atoms with Gasteiger partial charge in [-0.15, -0.1) is 10.2 Å². The SMILES string of the molecule is CC(C)CCNC(=O)CSc1nnc2ccccn12. The number of amides is 1. The molecule has 1 amide bonds.